The zero-order valence-corrected chi connectivity index (χ0v) is 16.5. The maximum atomic E-state index is 12.1. The third-order valence-electron chi connectivity index (χ3n) is 3.91. The van der Waals surface area contributed by atoms with E-state index in [-0.39, 0.29) is 12.5 Å². The van der Waals surface area contributed by atoms with Gasteiger partial charge in [0, 0.05) is 0 Å². The van der Waals surface area contributed by atoms with Gasteiger partial charge in [0.15, 0.2) is 11.7 Å². The van der Waals surface area contributed by atoms with Gasteiger partial charge in [0.2, 0.25) is 0 Å². The highest BCUT2D eigenvalue weighted by Gasteiger charge is 2.09. The van der Waals surface area contributed by atoms with Crippen molar-refractivity contribution in [1.29, 1.82) is 0 Å². The van der Waals surface area contributed by atoms with Crippen molar-refractivity contribution in [2.75, 3.05) is 18.5 Å². The van der Waals surface area contributed by atoms with Crippen LogP contribution in [0, 0.1) is 0 Å². The van der Waals surface area contributed by atoms with Crippen LogP contribution in [-0.4, -0.2) is 24.1 Å². The van der Waals surface area contributed by atoms with Crippen LogP contribution in [0.25, 0.3) is 10.2 Å². The van der Waals surface area contributed by atoms with Crippen LogP contribution < -0.4 is 14.8 Å². The number of nitrogens with one attached hydrogen (secondary N) is 1. The number of benzene rings is 2. The third-order valence-corrected chi connectivity index (χ3v) is 4.84. The van der Waals surface area contributed by atoms with Gasteiger partial charge >= 0.3 is 0 Å². The number of anilines is 1. The van der Waals surface area contributed by atoms with E-state index in [9.17, 15) is 4.79 Å². The van der Waals surface area contributed by atoms with E-state index < -0.39 is 0 Å². The first-order valence-corrected chi connectivity index (χ1v) is 10.0. The monoisotopic (exact) mass is 384 g/mol. The Morgan fingerprint density at radius 1 is 1.04 bits per heavy atom. The molecule has 142 valence electrons. The topological polar surface area (TPSA) is 60.5 Å². The minimum atomic E-state index is -0.228. The molecule has 0 saturated carbocycles. The molecule has 3 rings (SSSR count). The molecule has 0 radical (unpaired) electrons. The molecule has 2 aromatic carbocycles. The fraction of sp³-hybridized carbons (Fsp3) is 0.333. The van der Waals surface area contributed by atoms with E-state index in [0.29, 0.717) is 17.5 Å². The molecule has 0 fully saturated rings. The molecule has 1 aromatic heterocycles. The highest BCUT2D eigenvalue weighted by Crippen LogP contribution is 2.29. The Labute approximate surface area is 163 Å². The van der Waals surface area contributed by atoms with E-state index in [1.54, 1.807) is 0 Å². The molecular formula is C21H24N2O3S. The van der Waals surface area contributed by atoms with Crippen LogP contribution in [0.15, 0.2) is 42.5 Å². The summed E-state index contributed by atoms with van der Waals surface area (Å²) in [6, 6.07) is 13.6. The lowest BCUT2D eigenvalue weighted by Gasteiger charge is -2.06. The van der Waals surface area contributed by atoms with Gasteiger partial charge in [-0.1, -0.05) is 43.7 Å². The lowest BCUT2D eigenvalue weighted by molar-refractivity contribution is -0.118. The van der Waals surface area contributed by atoms with E-state index in [2.05, 4.69) is 24.1 Å². The standard InChI is InChI=1S/C21H24N2O3S/c1-3-5-15-6-8-16(9-7-15)26-14-20(24)23-21-22-18-11-10-17(25-12-4-2)13-19(18)27-21/h6-11,13H,3-5,12,14H2,1-2H3,(H,22,23,24). The van der Waals surface area contributed by atoms with Crippen molar-refractivity contribution in [2.24, 2.45) is 0 Å². The van der Waals surface area contributed by atoms with Crippen molar-refractivity contribution in [3.8, 4) is 11.5 Å². The number of ether oxygens (including phenoxy) is 2. The average molecular weight is 385 g/mol. The van der Waals surface area contributed by atoms with E-state index in [0.717, 1.165) is 35.2 Å². The number of aromatic nitrogens is 1. The van der Waals surface area contributed by atoms with Crippen LogP contribution in [0.4, 0.5) is 5.13 Å². The van der Waals surface area contributed by atoms with Gasteiger partial charge in [0.1, 0.15) is 11.5 Å². The number of carbonyl (C=O) groups excluding carboxylic acids is 1. The average Bonchev–Trinajstić information content (AvgIpc) is 3.07. The summed E-state index contributed by atoms with van der Waals surface area (Å²) in [6.07, 6.45) is 3.12. The maximum absolute atomic E-state index is 12.1. The minimum Gasteiger partial charge on any atom is -0.494 e. The number of hydrogen-bond donors (Lipinski definition) is 1. The number of nitrogens with zero attached hydrogens (tertiary/aromatic N) is 1. The predicted molar refractivity (Wildman–Crippen MR) is 110 cm³/mol. The summed E-state index contributed by atoms with van der Waals surface area (Å²) >= 11 is 1.42. The first-order valence-electron chi connectivity index (χ1n) is 9.23. The van der Waals surface area contributed by atoms with Crippen LogP contribution in [0.1, 0.15) is 32.3 Å². The second-order valence-corrected chi connectivity index (χ2v) is 7.26. The molecule has 1 amide bonds. The summed E-state index contributed by atoms with van der Waals surface area (Å²) in [7, 11) is 0. The second-order valence-electron chi connectivity index (χ2n) is 6.23. The zero-order chi connectivity index (χ0) is 19.1. The number of thiazole rings is 1. The highest BCUT2D eigenvalue weighted by atomic mass is 32.1. The minimum absolute atomic E-state index is 0.0477. The Morgan fingerprint density at radius 2 is 1.81 bits per heavy atom. The SMILES string of the molecule is CCCOc1ccc2nc(NC(=O)COc3ccc(CCC)cc3)sc2c1. The number of carbonyl (C=O) groups is 1. The van der Waals surface area contributed by atoms with Crippen LogP contribution in [0.2, 0.25) is 0 Å². The molecule has 0 atom stereocenters. The zero-order valence-electron chi connectivity index (χ0n) is 15.7. The molecule has 0 unspecified atom stereocenters. The molecule has 3 aromatic rings. The van der Waals surface area contributed by atoms with Crippen molar-refractivity contribution in [2.45, 2.75) is 33.1 Å². The van der Waals surface area contributed by atoms with Gasteiger partial charge in [-0.05, 0) is 48.7 Å². The van der Waals surface area contributed by atoms with Gasteiger partial charge in [-0.3, -0.25) is 10.1 Å². The predicted octanol–water partition coefficient (Wildman–Crippen LogP) is 5.06. The molecule has 1 heterocycles. The van der Waals surface area contributed by atoms with E-state index in [1.165, 1.54) is 16.9 Å². The Bertz CT molecular complexity index is 890. The Kier molecular flexibility index (Phi) is 6.65. The van der Waals surface area contributed by atoms with Crippen molar-refractivity contribution >= 4 is 32.6 Å². The largest absolute Gasteiger partial charge is 0.494 e. The summed E-state index contributed by atoms with van der Waals surface area (Å²) in [5.41, 5.74) is 2.11. The van der Waals surface area contributed by atoms with E-state index in [1.807, 2.05) is 42.5 Å². The van der Waals surface area contributed by atoms with Crippen molar-refractivity contribution in [3.63, 3.8) is 0 Å². The summed E-state index contributed by atoms with van der Waals surface area (Å²) < 4.78 is 12.2. The first kappa shape index (κ1) is 19.2. The Hall–Kier alpha value is -2.60. The van der Waals surface area contributed by atoms with Gasteiger partial charge in [0.25, 0.3) is 5.91 Å². The Morgan fingerprint density at radius 3 is 2.56 bits per heavy atom. The quantitative estimate of drug-likeness (QED) is 0.560. The smallest absolute Gasteiger partial charge is 0.264 e. The fourth-order valence-electron chi connectivity index (χ4n) is 2.61. The van der Waals surface area contributed by atoms with Crippen LogP contribution in [0.3, 0.4) is 0 Å². The van der Waals surface area contributed by atoms with E-state index in [4.69, 9.17) is 9.47 Å². The first-order chi connectivity index (χ1) is 13.2. The third kappa shape index (κ3) is 5.44. The van der Waals surface area contributed by atoms with Crippen molar-refractivity contribution in [1.82, 2.24) is 4.98 Å². The molecule has 0 bridgehead atoms. The molecule has 6 heteroatoms. The van der Waals surface area contributed by atoms with Gasteiger partial charge < -0.3 is 9.47 Å². The van der Waals surface area contributed by atoms with Crippen LogP contribution in [0.5, 0.6) is 11.5 Å². The molecule has 0 aliphatic carbocycles. The molecule has 0 aliphatic heterocycles. The van der Waals surface area contributed by atoms with Crippen LogP contribution in [-0.2, 0) is 11.2 Å². The van der Waals surface area contributed by atoms with E-state index >= 15 is 0 Å². The molecular weight excluding hydrogens is 360 g/mol. The molecule has 1 N–H and O–H groups in total. The number of rotatable bonds is 9. The molecule has 0 saturated heterocycles. The number of aryl methyl sites for hydroxylation is 1. The summed E-state index contributed by atoms with van der Waals surface area (Å²) in [5, 5.41) is 3.36. The number of hydrogen-bond acceptors (Lipinski definition) is 5. The summed E-state index contributed by atoms with van der Waals surface area (Å²) in [5.74, 6) is 1.28. The lowest BCUT2D eigenvalue weighted by atomic mass is 10.1. The highest BCUT2D eigenvalue weighted by molar-refractivity contribution is 7.22. The number of fused-ring (bicyclic) bond motifs is 1. The fourth-order valence-corrected chi connectivity index (χ4v) is 3.52. The molecule has 5 nitrogen and oxygen atoms in total. The second kappa shape index (κ2) is 9.37. The Balaban J connectivity index is 1.55. The number of amides is 1. The normalized spacial score (nSPS) is 10.7. The van der Waals surface area contributed by atoms with Crippen molar-refractivity contribution in [3.05, 3.63) is 48.0 Å². The lowest BCUT2D eigenvalue weighted by Crippen LogP contribution is -2.19. The molecule has 0 spiro atoms. The van der Waals surface area contributed by atoms with Crippen molar-refractivity contribution < 1.29 is 14.3 Å². The summed E-state index contributed by atoms with van der Waals surface area (Å²) in [4.78, 5) is 16.6. The van der Waals surface area contributed by atoms with Gasteiger partial charge in [-0.2, -0.15) is 0 Å². The van der Waals surface area contributed by atoms with Crippen LogP contribution >= 0.6 is 11.3 Å². The summed E-state index contributed by atoms with van der Waals surface area (Å²) in [6.45, 7) is 4.86. The van der Waals surface area contributed by atoms with Gasteiger partial charge in [-0.25, -0.2) is 4.98 Å². The maximum Gasteiger partial charge on any atom is 0.264 e. The van der Waals surface area contributed by atoms with Gasteiger partial charge in [0.05, 0.1) is 16.8 Å². The molecule has 27 heavy (non-hydrogen) atoms. The molecule has 0 aliphatic rings. The van der Waals surface area contributed by atoms with Gasteiger partial charge in [-0.15, -0.1) is 0 Å².